The number of hydrogen-bond donors (Lipinski definition) is 3. The van der Waals surface area contributed by atoms with Crippen LogP contribution in [0.15, 0.2) is 45.4 Å². The quantitative estimate of drug-likeness (QED) is 0.605. The number of anilines is 1. The topological polar surface area (TPSA) is 109 Å². The average Bonchev–Trinajstić information content (AvgIpc) is 3.48. The molecule has 0 unspecified atom stereocenters. The van der Waals surface area contributed by atoms with Crippen molar-refractivity contribution in [3.05, 3.63) is 52.3 Å². The molecule has 2 saturated carbocycles. The van der Waals surface area contributed by atoms with Crippen molar-refractivity contribution < 1.29 is 23.9 Å². The van der Waals surface area contributed by atoms with Gasteiger partial charge in [-0.1, -0.05) is 11.1 Å². The van der Waals surface area contributed by atoms with E-state index in [2.05, 4.69) is 10.6 Å². The summed E-state index contributed by atoms with van der Waals surface area (Å²) < 4.78 is 5.21. The van der Waals surface area contributed by atoms with Gasteiger partial charge in [-0.2, -0.15) is 0 Å². The fraction of sp³-hybridized carbons (Fsp3) is 0.409. The number of carbonyl (C=O) groups is 3. The Labute approximate surface area is 178 Å². The van der Waals surface area contributed by atoms with Crippen molar-refractivity contribution in [1.82, 2.24) is 5.32 Å². The van der Waals surface area contributed by atoms with Crippen LogP contribution in [0.3, 0.4) is 0 Å². The van der Waals surface area contributed by atoms with Crippen LogP contribution >= 0.6 is 11.3 Å². The second-order valence-electron chi connectivity index (χ2n) is 8.05. The SMILES string of the molecule is CC(C)=C1[C@H]2CC[C@H]1[C@@H](C(=O)Nc1sccc1C(=O)NCc1ccco1)[C@H]2C(=O)O. The third kappa shape index (κ3) is 3.56. The molecule has 2 fully saturated rings. The van der Waals surface area contributed by atoms with Crippen molar-refractivity contribution in [3.63, 3.8) is 0 Å². The highest BCUT2D eigenvalue weighted by atomic mass is 32.1. The highest BCUT2D eigenvalue weighted by Gasteiger charge is 2.57. The Balaban J connectivity index is 1.51. The third-order valence-electron chi connectivity index (χ3n) is 6.16. The zero-order chi connectivity index (χ0) is 21.4. The number of amides is 2. The standard InChI is InChI=1S/C22H24N2O5S/c1-11(2)16-13-5-6-14(16)18(22(27)28)17(13)20(26)24-21-15(7-9-30-21)19(25)23-10-12-4-3-8-29-12/h3-4,7-9,13-14,17-18H,5-6,10H2,1-2H3,(H,23,25)(H,24,26)(H,27,28)/t13-,14-,17-,18+/m1/s1. The van der Waals surface area contributed by atoms with E-state index in [1.807, 2.05) is 13.8 Å². The molecule has 2 bridgehead atoms. The minimum absolute atomic E-state index is 0.0442. The summed E-state index contributed by atoms with van der Waals surface area (Å²) in [5.74, 6) is -2.40. The Morgan fingerprint density at radius 1 is 1.17 bits per heavy atom. The van der Waals surface area contributed by atoms with Gasteiger partial charge in [0, 0.05) is 0 Å². The molecule has 2 aliphatic rings. The molecule has 2 aliphatic carbocycles. The molecule has 0 spiro atoms. The average molecular weight is 429 g/mol. The molecule has 4 rings (SSSR count). The Morgan fingerprint density at radius 3 is 2.53 bits per heavy atom. The van der Waals surface area contributed by atoms with Crippen LogP contribution in [0.4, 0.5) is 5.00 Å². The maximum absolute atomic E-state index is 13.2. The van der Waals surface area contributed by atoms with Gasteiger partial charge < -0.3 is 20.2 Å². The molecule has 4 atom stereocenters. The zero-order valence-corrected chi connectivity index (χ0v) is 17.6. The van der Waals surface area contributed by atoms with Crippen molar-refractivity contribution in [2.75, 3.05) is 5.32 Å². The van der Waals surface area contributed by atoms with Crippen LogP contribution < -0.4 is 10.6 Å². The van der Waals surface area contributed by atoms with E-state index in [0.717, 1.165) is 24.0 Å². The molecule has 0 aromatic carbocycles. The zero-order valence-electron chi connectivity index (χ0n) is 16.8. The highest BCUT2D eigenvalue weighted by molar-refractivity contribution is 7.14. The fourth-order valence-electron chi connectivity index (χ4n) is 5.06. The lowest BCUT2D eigenvalue weighted by atomic mass is 9.79. The third-order valence-corrected chi connectivity index (χ3v) is 6.99. The molecular weight excluding hydrogens is 404 g/mol. The molecule has 8 heteroatoms. The minimum atomic E-state index is -0.927. The van der Waals surface area contributed by atoms with E-state index in [0.29, 0.717) is 16.3 Å². The van der Waals surface area contributed by atoms with Gasteiger partial charge in [0.2, 0.25) is 5.91 Å². The summed E-state index contributed by atoms with van der Waals surface area (Å²) in [6.07, 6.45) is 3.17. The van der Waals surface area contributed by atoms with E-state index in [4.69, 9.17) is 4.42 Å². The second-order valence-corrected chi connectivity index (χ2v) is 8.97. The summed E-state index contributed by atoms with van der Waals surface area (Å²) in [5.41, 5.74) is 2.60. The van der Waals surface area contributed by atoms with E-state index in [1.54, 1.807) is 23.6 Å². The molecule has 2 amide bonds. The number of thiophene rings is 1. The van der Waals surface area contributed by atoms with Crippen LogP contribution in [0, 0.1) is 23.7 Å². The summed E-state index contributed by atoms with van der Waals surface area (Å²) in [7, 11) is 0. The van der Waals surface area contributed by atoms with Gasteiger partial charge in [-0.05, 0) is 62.1 Å². The number of fused-ring (bicyclic) bond motifs is 2. The molecule has 2 aromatic heterocycles. The van der Waals surface area contributed by atoms with Crippen molar-refractivity contribution >= 4 is 34.1 Å². The summed E-state index contributed by atoms with van der Waals surface area (Å²) in [5, 5.41) is 17.6. The molecule has 3 N–H and O–H groups in total. The maximum atomic E-state index is 13.2. The van der Waals surface area contributed by atoms with Gasteiger partial charge in [0.1, 0.15) is 10.8 Å². The summed E-state index contributed by atoms with van der Waals surface area (Å²) >= 11 is 1.25. The number of carboxylic acids is 1. The molecule has 0 saturated heterocycles. The van der Waals surface area contributed by atoms with Crippen LogP contribution in [0.1, 0.15) is 42.8 Å². The van der Waals surface area contributed by atoms with Crippen molar-refractivity contribution in [2.24, 2.45) is 23.7 Å². The van der Waals surface area contributed by atoms with Gasteiger partial charge in [0.25, 0.3) is 5.91 Å². The molecule has 0 radical (unpaired) electrons. The van der Waals surface area contributed by atoms with E-state index in [-0.39, 0.29) is 30.2 Å². The van der Waals surface area contributed by atoms with Crippen LogP contribution in [0.2, 0.25) is 0 Å². The molecule has 2 aromatic rings. The number of hydrogen-bond acceptors (Lipinski definition) is 5. The monoisotopic (exact) mass is 428 g/mol. The Hall–Kier alpha value is -2.87. The van der Waals surface area contributed by atoms with Gasteiger partial charge in [0.05, 0.1) is 30.2 Å². The van der Waals surface area contributed by atoms with E-state index >= 15 is 0 Å². The number of aliphatic carboxylic acids is 1. The van der Waals surface area contributed by atoms with Crippen LogP contribution in [-0.4, -0.2) is 22.9 Å². The van der Waals surface area contributed by atoms with Crippen molar-refractivity contribution in [1.29, 1.82) is 0 Å². The Kier molecular flexibility index (Phi) is 5.51. The molecule has 158 valence electrons. The maximum Gasteiger partial charge on any atom is 0.307 e. The van der Waals surface area contributed by atoms with Gasteiger partial charge in [-0.25, -0.2) is 0 Å². The van der Waals surface area contributed by atoms with Gasteiger partial charge in [0.15, 0.2) is 0 Å². The molecule has 30 heavy (non-hydrogen) atoms. The van der Waals surface area contributed by atoms with E-state index < -0.39 is 17.8 Å². The lowest BCUT2D eigenvalue weighted by Crippen LogP contribution is -2.38. The molecule has 7 nitrogen and oxygen atoms in total. The summed E-state index contributed by atoms with van der Waals surface area (Å²) in [6.45, 7) is 4.22. The Bertz CT molecular complexity index is 1000. The van der Waals surface area contributed by atoms with Crippen LogP contribution in [-0.2, 0) is 16.1 Å². The van der Waals surface area contributed by atoms with Gasteiger partial charge in [-0.3, -0.25) is 14.4 Å². The molecule has 0 aliphatic heterocycles. The molecular formula is C22H24N2O5S. The number of carboxylic acid groups (broad SMARTS) is 1. The fourth-order valence-corrected chi connectivity index (χ4v) is 5.85. The molecule has 2 heterocycles. The second kappa shape index (κ2) is 8.10. The minimum Gasteiger partial charge on any atom is -0.481 e. The first-order valence-corrected chi connectivity index (χ1v) is 10.9. The lowest BCUT2D eigenvalue weighted by molar-refractivity contribution is -0.148. The number of carbonyl (C=O) groups excluding carboxylic acids is 2. The normalized spacial score (nSPS) is 24.7. The van der Waals surface area contributed by atoms with Crippen LogP contribution in [0.25, 0.3) is 0 Å². The first-order valence-electron chi connectivity index (χ1n) is 9.97. The number of nitrogens with one attached hydrogen (secondary N) is 2. The summed E-state index contributed by atoms with van der Waals surface area (Å²) in [4.78, 5) is 37.7. The smallest absolute Gasteiger partial charge is 0.307 e. The first kappa shape index (κ1) is 20.4. The highest BCUT2D eigenvalue weighted by Crippen LogP contribution is 2.57. The Morgan fingerprint density at radius 2 is 1.90 bits per heavy atom. The number of furan rings is 1. The number of allylic oxidation sites excluding steroid dienone is 2. The lowest BCUT2D eigenvalue weighted by Gasteiger charge is -2.26. The van der Waals surface area contributed by atoms with Crippen molar-refractivity contribution in [2.45, 2.75) is 33.2 Å². The largest absolute Gasteiger partial charge is 0.481 e. The van der Waals surface area contributed by atoms with Crippen molar-refractivity contribution in [3.8, 4) is 0 Å². The van der Waals surface area contributed by atoms with Crippen LogP contribution in [0.5, 0.6) is 0 Å². The van der Waals surface area contributed by atoms with Gasteiger partial charge in [-0.15, -0.1) is 11.3 Å². The summed E-state index contributed by atoms with van der Waals surface area (Å²) in [6, 6.07) is 5.15. The predicted molar refractivity (Wildman–Crippen MR) is 112 cm³/mol. The number of rotatable bonds is 6. The van der Waals surface area contributed by atoms with E-state index in [9.17, 15) is 19.5 Å². The van der Waals surface area contributed by atoms with E-state index in [1.165, 1.54) is 17.6 Å². The first-order chi connectivity index (χ1) is 14.4. The predicted octanol–water partition coefficient (Wildman–Crippen LogP) is 3.90. The van der Waals surface area contributed by atoms with Gasteiger partial charge >= 0.3 is 5.97 Å².